The van der Waals surface area contributed by atoms with Crippen LogP contribution in [0.3, 0.4) is 0 Å². The van der Waals surface area contributed by atoms with E-state index in [1.807, 2.05) is 50.2 Å². The monoisotopic (exact) mass is 544 g/mol. The van der Waals surface area contributed by atoms with E-state index in [9.17, 15) is 13.2 Å². The molecule has 202 valence electrons. The van der Waals surface area contributed by atoms with Gasteiger partial charge in [0.1, 0.15) is 0 Å². The number of nitrogens with zero attached hydrogens (tertiary/aromatic N) is 1. The fraction of sp³-hybridized carbons (Fsp3) is 0.194. The van der Waals surface area contributed by atoms with Gasteiger partial charge in [-0.15, -0.1) is 0 Å². The van der Waals surface area contributed by atoms with Gasteiger partial charge < -0.3 is 14.8 Å². The number of ether oxygens (including phenoxy) is 2. The lowest BCUT2D eigenvalue weighted by atomic mass is 10.1. The van der Waals surface area contributed by atoms with E-state index >= 15 is 0 Å². The third-order valence-corrected chi connectivity index (χ3v) is 8.22. The smallest absolute Gasteiger partial charge is 0.264 e. The number of carbonyl (C=O) groups excluding carboxylic acids is 1. The summed E-state index contributed by atoms with van der Waals surface area (Å²) in [5.74, 6) is 0.739. The predicted octanol–water partition coefficient (Wildman–Crippen LogP) is 5.90. The number of hydrogen-bond donors (Lipinski definition) is 1. The summed E-state index contributed by atoms with van der Waals surface area (Å²) >= 11 is 0. The second-order valence-electron chi connectivity index (χ2n) is 9.14. The lowest BCUT2D eigenvalue weighted by Gasteiger charge is -2.27. The largest absolute Gasteiger partial charge is 0.493 e. The summed E-state index contributed by atoms with van der Waals surface area (Å²) in [6.45, 7) is 3.82. The lowest BCUT2D eigenvalue weighted by molar-refractivity contribution is 0.0940. The molecule has 4 aromatic rings. The number of aryl methyl sites for hydroxylation is 1. The second kappa shape index (κ2) is 12.0. The van der Waals surface area contributed by atoms with Crippen LogP contribution in [0.5, 0.6) is 11.5 Å². The van der Waals surface area contributed by atoms with E-state index in [1.54, 1.807) is 74.9 Å². The van der Waals surface area contributed by atoms with Gasteiger partial charge in [0.05, 0.1) is 43.0 Å². The fourth-order valence-corrected chi connectivity index (χ4v) is 5.72. The normalized spacial score (nSPS) is 11.9. The van der Waals surface area contributed by atoms with Crippen molar-refractivity contribution < 1.29 is 22.7 Å². The van der Waals surface area contributed by atoms with E-state index in [-0.39, 0.29) is 23.0 Å². The molecule has 0 aliphatic heterocycles. The van der Waals surface area contributed by atoms with E-state index in [0.29, 0.717) is 17.2 Å². The van der Waals surface area contributed by atoms with Crippen molar-refractivity contribution in [1.29, 1.82) is 0 Å². The highest BCUT2D eigenvalue weighted by atomic mass is 32.2. The third-order valence-electron chi connectivity index (χ3n) is 6.45. The van der Waals surface area contributed by atoms with Crippen LogP contribution >= 0.6 is 0 Å². The molecule has 0 saturated heterocycles. The maximum atomic E-state index is 14.0. The number of amides is 1. The number of nitrogens with one attached hydrogen (secondary N) is 1. The Kier molecular flexibility index (Phi) is 8.56. The van der Waals surface area contributed by atoms with Crippen molar-refractivity contribution in [2.75, 3.05) is 18.5 Å². The first-order valence-corrected chi connectivity index (χ1v) is 13.9. The molecule has 0 aliphatic carbocycles. The fourth-order valence-electron chi connectivity index (χ4n) is 4.25. The topological polar surface area (TPSA) is 84.9 Å². The molecule has 0 aliphatic rings. The average Bonchev–Trinajstić information content (AvgIpc) is 2.96. The molecule has 7 nitrogen and oxygen atoms in total. The van der Waals surface area contributed by atoms with Crippen molar-refractivity contribution in [3.63, 3.8) is 0 Å². The van der Waals surface area contributed by atoms with Crippen LogP contribution in [0.1, 0.15) is 40.0 Å². The van der Waals surface area contributed by atoms with Gasteiger partial charge in [0.15, 0.2) is 11.5 Å². The summed E-state index contributed by atoms with van der Waals surface area (Å²) in [5, 5.41) is 3.00. The summed E-state index contributed by atoms with van der Waals surface area (Å²) in [4.78, 5) is 13.8. The number of para-hydroxylation sites is 1. The van der Waals surface area contributed by atoms with Crippen LogP contribution < -0.4 is 19.1 Å². The Hall–Kier alpha value is -4.30. The number of anilines is 1. The van der Waals surface area contributed by atoms with Gasteiger partial charge in [-0.3, -0.25) is 9.10 Å². The number of sulfonamides is 1. The molecule has 1 atom stereocenters. The highest BCUT2D eigenvalue weighted by Gasteiger charge is 2.29. The number of carbonyl (C=O) groups is 1. The van der Waals surface area contributed by atoms with Crippen molar-refractivity contribution >= 4 is 21.6 Å². The van der Waals surface area contributed by atoms with Gasteiger partial charge >= 0.3 is 0 Å². The molecule has 0 heterocycles. The highest BCUT2D eigenvalue weighted by Crippen LogP contribution is 2.32. The van der Waals surface area contributed by atoms with Crippen molar-refractivity contribution in [1.82, 2.24) is 5.32 Å². The highest BCUT2D eigenvalue weighted by molar-refractivity contribution is 7.92. The predicted molar refractivity (Wildman–Crippen MR) is 153 cm³/mol. The Labute approximate surface area is 230 Å². The molecule has 0 radical (unpaired) electrons. The zero-order valence-electron chi connectivity index (χ0n) is 22.4. The molecule has 0 aromatic heterocycles. The number of rotatable bonds is 10. The molecule has 0 unspecified atom stereocenters. The molecule has 0 fully saturated rings. The van der Waals surface area contributed by atoms with Gasteiger partial charge in [-0.2, -0.15) is 0 Å². The van der Waals surface area contributed by atoms with Crippen LogP contribution in [0.25, 0.3) is 0 Å². The number of methoxy groups -OCH3 is 2. The van der Waals surface area contributed by atoms with Gasteiger partial charge in [-0.25, -0.2) is 8.42 Å². The first-order chi connectivity index (χ1) is 18.7. The summed E-state index contributed by atoms with van der Waals surface area (Å²) in [6.07, 6.45) is 0. The first kappa shape index (κ1) is 27.7. The Balaban J connectivity index is 1.72. The van der Waals surface area contributed by atoms with E-state index in [4.69, 9.17) is 9.47 Å². The Morgan fingerprint density at radius 1 is 0.846 bits per heavy atom. The molecule has 0 spiro atoms. The van der Waals surface area contributed by atoms with Gasteiger partial charge in [0, 0.05) is 0 Å². The van der Waals surface area contributed by atoms with Gasteiger partial charge in [-0.05, 0) is 61.4 Å². The third kappa shape index (κ3) is 6.23. The second-order valence-corrected chi connectivity index (χ2v) is 11.0. The Morgan fingerprint density at radius 3 is 2.15 bits per heavy atom. The standard InChI is InChI=1S/C31H32N2O5S/c1-22-14-17-26(18-15-22)39(35,36)33(21-24-10-6-5-7-11-24)28-13-9-8-12-27(28)31(34)32-23(2)25-16-19-29(37-3)30(20-25)38-4/h5-20,23H,21H2,1-4H3,(H,32,34)/t23-/m1/s1. The van der Waals surface area contributed by atoms with E-state index < -0.39 is 15.9 Å². The molecular formula is C31H32N2O5S. The van der Waals surface area contributed by atoms with Crippen molar-refractivity contribution in [2.45, 2.75) is 31.3 Å². The van der Waals surface area contributed by atoms with E-state index in [1.165, 1.54) is 4.31 Å². The Morgan fingerprint density at radius 2 is 1.49 bits per heavy atom. The summed E-state index contributed by atoms with van der Waals surface area (Å²) in [5.41, 5.74) is 3.09. The molecule has 0 saturated carbocycles. The average molecular weight is 545 g/mol. The van der Waals surface area contributed by atoms with Crippen LogP contribution in [0.15, 0.2) is 102 Å². The van der Waals surface area contributed by atoms with Crippen LogP contribution in [0.2, 0.25) is 0 Å². The molecule has 1 N–H and O–H groups in total. The molecule has 1 amide bonds. The van der Waals surface area contributed by atoms with Gasteiger partial charge in [0.2, 0.25) is 0 Å². The minimum atomic E-state index is -4.00. The number of hydrogen-bond acceptors (Lipinski definition) is 5. The minimum Gasteiger partial charge on any atom is -0.493 e. The Bertz CT molecular complexity index is 1540. The maximum Gasteiger partial charge on any atom is 0.264 e. The van der Waals surface area contributed by atoms with E-state index in [0.717, 1.165) is 16.7 Å². The van der Waals surface area contributed by atoms with Gasteiger partial charge in [0.25, 0.3) is 15.9 Å². The summed E-state index contributed by atoms with van der Waals surface area (Å²) in [6, 6.07) is 27.8. The van der Waals surface area contributed by atoms with Crippen LogP contribution in [-0.4, -0.2) is 28.5 Å². The first-order valence-electron chi connectivity index (χ1n) is 12.5. The lowest BCUT2D eigenvalue weighted by Crippen LogP contribution is -2.34. The molecule has 4 rings (SSSR count). The van der Waals surface area contributed by atoms with Crippen molar-refractivity contribution in [3.8, 4) is 11.5 Å². The summed E-state index contributed by atoms with van der Waals surface area (Å²) < 4.78 is 39.9. The summed E-state index contributed by atoms with van der Waals surface area (Å²) in [7, 11) is -0.886. The molecular weight excluding hydrogens is 512 g/mol. The molecule has 0 bridgehead atoms. The van der Waals surface area contributed by atoms with Crippen LogP contribution in [-0.2, 0) is 16.6 Å². The molecule has 4 aromatic carbocycles. The van der Waals surface area contributed by atoms with Crippen molar-refractivity contribution in [3.05, 3.63) is 119 Å². The van der Waals surface area contributed by atoms with Crippen LogP contribution in [0.4, 0.5) is 5.69 Å². The molecule has 39 heavy (non-hydrogen) atoms. The van der Waals surface area contributed by atoms with Crippen molar-refractivity contribution in [2.24, 2.45) is 0 Å². The number of benzene rings is 4. The SMILES string of the molecule is COc1ccc([C@@H](C)NC(=O)c2ccccc2N(Cc2ccccc2)S(=O)(=O)c2ccc(C)cc2)cc1OC. The van der Waals surface area contributed by atoms with Crippen LogP contribution in [0, 0.1) is 6.92 Å². The molecule has 8 heteroatoms. The van der Waals surface area contributed by atoms with Gasteiger partial charge in [-0.1, -0.05) is 66.2 Å². The minimum absolute atomic E-state index is 0.0621. The van der Waals surface area contributed by atoms with E-state index in [2.05, 4.69) is 5.32 Å². The zero-order valence-corrected chi connectivity index (χ0v) is 23.2. The zero-order chi connectivity index (χ0) is 28.0. The maximum absolute atomic E-state index is 14.0. The quantitative estimate of drug-likeness (QED) is 0.269.